The lowest BCUT2D eigenvalue weighted by Gasteiger charge is -2.20. The van der Waals surface area contributed by atoms with E-state index in [2.05, 4.69) is 14.9 Å². The zero-order valence-electron chi connectivity index (χ0n) is 13.9. The summed E-state index contributed by atoms with van der Waals surface area (Å²) in [5.74, 6) is 0.214. The van der Waals surface area contributed by atoms with Crippen LogP contribution in [-0.2, 0) is 16.6 Å². The van der Waals surface area contributed by atoms with Crippen LogP contribution in [0, 0.1) is 0 Å². The van der Waals surface area contributed by atoms with E-state index < -0.39 is 16.1 Å². The molecule has 1 atom stereocenters. The quantitative estimate of drug-likeness (QED) is 0.668. The molecule has 1 aromatic heterocycles. The number of halogens is 1. The van der Waals surface area contributed by atoms with Crippen molar-refractivity contribution in [2.45, 2.75) is 17.5 Å². The number of nitrogens with one attached hydrogen (secondary N) is 1. The molecular weight excluding hydrogens is 376 g/mol. The van der Waals surface area contributed by atoms with Crippen molar-refractivity contribution < 1.29 is 13.2 Å². The smallest absolute Gasteiger partial charge is 0.244 e. The molecule has 9 heteroatoms. The van der Waals surface area contributed by atoms with E-state index in [4.69, 9.17) is 16.3 Å². The molecule has 0 radical (unpaired) electrons. The van der Waals surface area contributed by atoms with Crippen molar-refractivity contribution in [3.63, 3.8) is 0 Å². The van der Waals surface area contributed by atoms with Crippen molar-refractivity contribution in [2.75, 3.05) is 7.11 Å². The Balaban J connectivity index is 1.96. The lowest BCUT2D eigenvalue weighted by molar-refractivity contribution is 0.400. The maximum absolute atomic E-state index is 13.0. The number of aromatic nitrogens is 3. The number of benzene rings is 2. The Morgan fingerprint density at radius 1 is 1.15 bits per heavy atom. The molecule has 3 aromatic rings. The second-order valence-corrected chi connectivity index (χ2v) is 7.58. The van der Waals surface area contributed by atoms with Gasteiger partial charge in [-0.15, -0.1) is 0 Å². The predicted octanol–water partition coefficient (Wildman–Crippen LogP) is 2.66. The van der Waals surface area contributed by atoms with Crippen molar-refractivity contribution >= 4 is 21.6 Å². The first kappa shape index (κ1) is 18.4. The van der Waals surface area contributed by atoms with Gasteiger partial charge in [-0.2, -0.15) is 15.0 Å². The predicted molar refractivity (Wildman–Crippen MR) is 97.5 cm³/mol. The molecule has 0 bridgehead atoms. The van der Waals surface area contributed by atoms with E-state index in [0.717, 1.165) is 5.56 Å². The van der Waals surface area contributed by atoms with E-state index in [9.17, 15) is 8.42 Å². The van der Waals surface area contributed by atoms with Crippen LogP contribution in [0.5, 0.6) is 5.75 Å². The topological polar surface area (TPSA) is 86.1 Å². The minimum atomic E-state index is -3.90. The number of sulfonamides is 1. The average molecular weight is 393 g/mol. The molecule has 0 amide bonds. The Labute approximate surface area is 156 Å². The molecule has 136 valence electrons. The number of rotatable bonds is 7. The largest absolute Gasteiger partial charge is 0.495 e. The standard InChI is InChI=1S/C17H17ClN4O3S/c1-25-16-8-7-14(18)11-17(16)26(23,24)21-15(12-22-19-9-10-20-22)13-5-3-2-4-6-13/h2-11,15,21H,12H2,1H3. The van der Waals surface area contributed by atoms with Crippen LogP contribution in [0.25, 0.3) is 0 Å². The average Bonchev–Trinajstić information content (AvgIpc) is 3.15. The highest BCUT2D eigenvalue weighted by Gasteiger charge is 2.25. The second-order valence-electron chi connectivity index (χ2n) is 5.46. The molecule has 0 saturated heterocycles. The number of hydrogen-bond donors (Lipinski definition) is 1. The minimum absolute atomic E-state index is 0.0261. The minimum Gasteiger partial charge on any atom is -0.495 e. The Morgan fingerprint density at radius 2 is 1.85 bits per heavy atom. The summed E-state index contributed by atoms with van der Waals surface area (Å²) in [6.45, 7) is 0.235. The molecule has 26 heavy (non-hydrogen) atoms. The molecule has 0 aliphatic carbocycles. The number of nitrogens with zero attached hydrogens (tertiary/aromatic N) is 3. The molecule has 7 nitrogen and oxygen atoms in total. The molecule has 0 aliphatic rings. The van der Waals surface area contributed by atoms with Crippen LogP contribution in [0.2, 0.25) is 5.02 Å². The van der Waals surface area contributed by atoms with Crippen molar-refractivity contribution in [2.24, 2.45) is 0 Å². The van der Waals surface area contributed by atoms with Gasteiger partial charge in [-0.3, -0.25) is 0 Å². The van der Waals surface area contributed by atoms with Gasteiger partial charge in [-0.05, 0) is 23.8 Å². The molecule has 3 rings (SSSR count). The van der Waals surface area contributed by atoms with Gasteiger partial charge in [0, 0.05) is 5.02 Å². The molecule has 1 unspecified atom stereocenters. The Hall–Kier alpha value is -2.42. The first-order chi connectivity index (χ1) is 12.5. The van der Waals surface area contributed by atoms with E-state index in [-0.39, 0.29) is 17.2 Å². The van der Waals surface area contributed by atoms with Crippen LogP contribution in [-0.4, -0.2) is 30.5 Å². The number of ether oxygens (including phenoxy) is 1. The van der Waals surface area contributed by atoms with E-state index in [0.29, 0.717) is 5.02 Å². The van der Waals surface area contributed by atoms with Gasteiger partial charge in [-0.1, -0.05) is 41.9 Å². The van der Waals surface area contributed by atoms with Gasteiger partial charge in [0.05, 0.1) is 32.1 Å². The van der Waals surface area contributed by atoms with E-state index in [1.54, 1.807) is 6.07 Å². The van der Waals surface area contributed by atoms with Crippen LogP contribution >= 0.6 is 11.6 Å². The summed E-state index contributed by atoms with van der Waals surface area (Å²) in [6.07, 6.45) is 3.08. The fourth-order valence-electron chi connectivity index (χ4n) is 2.51. The first-order valence-corrected chi connectivity index (χ1v) is 9.60. The lowest BCUT2D eigenvalue weighted by Crippen LogP contribution is -2.32. The van der Waals surface area contributed by atoms with Crippen molar-refractivity contribution in [3.05, 3.63) is 71.5 Å². The molecule has 0 aliphatic heterocycles. The summed E-state index contributed by atoms with van der Waals surface area (Å²) < 4.78 is 33.8. The van der Waals surface area contributed by atoms with Crippen LogP contribution in [0.15, 0.2) is 65.8 Å². The Bertz CT molecular complexity index is 963. The van der Waals surface area contributed by atoms with Crippen molar-refractivity contribution in [3.8, 4) is 5.75 Å². The van der Waals surface area contributed by atoms with Gasteiger partial charge in [0.25, 0.3) is 0 Å². The summed E-state index contributed by atoms with van der Waals surface area (Å²) in [7, 11) is -2.50. The molecular formula is C17H17ClN4O3S. The molecule has 0 saturated carbocycles. The molecule has 0 spiro atoms. The summed E-state index contributed by atoms with van der Waals surface area (Å²) in [4.78, 5) is 1.40. The van der Waals surface area contributed by atoms with Gasteiger partial charge in [0.2, 0.25) is 10.0 Å². The SMILES string of the molecule is COc1ccc(Cl)cc1S(=O)(=O)NC(Cn1nccn1)c1ccccc1. The van der Waals surface area contributed by atoms with Crippen LogP contribution < -0.4 is 9.46 Å². The molecule has 0 fully saturated rings. The van der Waals surface area contributed by atoms with Crippen molar-refractivity contribution in [1.29, 1.82) is 0 Å². The number of methoxy groups -OCH3 is 1. The highest BCUT2D eigenvalue weighted by atomic mass is 35.5. The summed E-state index contributed by atoms with van der Waals surface area (Å²) >= 11 is 5.98. The molecule has 1 N–H and O–H groups in total. The molecule has 2 aromatic carbocycles. The highest BCUT2D eigenvalue weighted by Crippen LogP contribution is 2.28. The van der Waals surface area contributed by atoms with Gasteiger partial charge in [0.15, 0.2) is 0 Å². The van der Waals surface area contributed by atoms with E-state index in [1.165, 1.54) is 36.4 Å². The maximum atomic E-state index is 13.0. The fourth-order valence-corrected chi connectivity index (χ4v) is 4.16. The van der Waals surface area contributed by atoms with Gasteiger partial charge >= 0.3 is 0 Å². The van der Waals surface area contributed by atoms with Gasteiger partial charge < -0.3 is 4.74 Å². The van der Waals surface area contributed by atoms with Gasteiger partial charge in [-0.25, -0.2) is 13.1 Å². The molecule has 1 heterocycles. The summed E-state index contributed by atoms with van der Waals surface area (Å²) in [5.41, 5.74) is 0.786. The van der Waals surface area contributed by atoms with Crippen LogP contribution in [0.3, 0.4) is 0 Å². The highest BCUT2D eigenvalue weighted by molar-refractivity contribution is 7.89. The van der Waals surface area contributed by atoms with E-state index in [1.807, 2.05) is 30.3 Å². The van der Waals surface area contributed by atoms with Crippen LogP contribution in [0.4, 0.5) is 0 Å². The Kier molecular flexibility index (Phi) is 5.55. The third kappa shape index (κ3) is 4.21. The lowest BCUT2D eigenvalue weighted by atomic mass is 10.1. The summed E-state index contributed by atoms with van der Waals surface area (Å²) in [6, 6.07) is 13.1. The normalized spacial score (nSPS) is 12.7. The first-order valence-electron chi connectivity index (χ1n) is 7.74. The zero-order chi connectivity index (χ0) is 18.6. The maximum Gasteiger partial charge on any atom is 0.244 e. The third-order valence-electron chi connectivity index (χ3n) is 3.73. The number of hydrogen-bond acceptors (Lipinski definition) is 5. The van der Waals surface area contributed by atoms with Gasteiger partial charge in [0.1, 0.15) is 10.6 Å². The fraction of sp³-hybridized carbons (Fsp3) is 0.176. The summed E-state index contributed by atoms with van der Waals surface area (Å²) in [5, 5.41) is 8.42. The zero-order valence-corrected chi connectivity index (χ0v) is 15.5. The van der Waals surface area contributed by atoms with Crippen LogP contribution in [0.1, 0.15) is 11.6 Å². The Morgan fingerprint density at radius 3 is 2.50 bits per heavy atom. The monoisotopic (exact) mass is 392 g/mol. The second kappa shape index (κ2) is 7.86. The van der Waals surface area contributed by atoms with E-state index >= 15 is 0 Å². The third-order valence-corrected chi connectivity index (χ3v) is 5.45. The van der Waals surface area contributed by atoms with Crippen molar-refractivity contribution in [1.82, 2.24) is 19.7 Å².